The van der Waals surface area contributed by atoms with E-state index in [0.717, 1.165) is 19.3 Å². The molecule has 0 spiro atoms. The monoisotopic (exact) mass is 332 g/mol. The molecule has 128 valence electrons. The molecule has 1 aromatic carbocycles. The van der Waals surface area contributed by atoms with Crippen LogP contribution in [0.2, 0.25) is 0 Å². The Balaban J connectivity index is 0. The van der Waals surface area contributed by atoms with Gasteiger partial charge < -0.3 is 19.8 Å². The number of aliphatic carboxylic acids is 2. The van der Waals surface area contributed by atoms with E-state index >= 15 is 0 Å². The maximum absolute atomic E-state index is 11.6. The van der Waals surface area contributed by atoms with Gasteiger partial charge in [-0.1, -0.05) is 88.6 Å². The predicted octanol–water partition coefficient (Wildman–Crippen LogP) is -4.04. The molecular weight excluding hydrogens is 306 g/mol. The summed E-state index contributed by atoms with van der Waals surface area (Å²) in [6.07, 6.45) is 8.32. The molecule has 0 unspecified atom stereocenters. The first-order valence-electron chi connectivity index (χ1n) is 8.54. The van der Waals surface area contributed by atoms with Gasteiger partial charge in [0.1, 0.15) is 0 Å². The van der Waals surface area contributed by atoms with Gasteiger partial charge >= 0.3 is 37.7 Å². The standard InChI is InChI=1S/C19H28O4.2Li/c1-2-3-4-5-6-7-8-12-15-19(17(20)21,18(22)23)16-13-10-9-11-14-16;;/h9-11,13-14H,2-8,12,15H2,1H3,(H,20,21)(H,22,23);;/q;2*+1/p-2. The Labute approximate surface area is 175 Å². The molecule has 0 aliphatic carbocycles. The maximum Gasteiger partial charge on any atom is 1.00 e. The van der Waals surface area contributed by atoms with Gasteiger partial charge in [0.15, 0.2) is 0 Å². The summed E-state index contributed by atoms with van der Waals surface area (Å²) in [6.45, 7) is 2.17. The zero-order valence-corrected chi connectivity index (χ0v) is 15.9. The third-order valence-electron chi connectivity index (χ3n) is 4.37. The molecule has 25 heavy (non-hydrogen) atoms. The van der Waals surface area contributed by atoms with Crippen LogP contribution in [-0.2, 0) is 15.0 Å². The second kappa shape index (κ2) is 14.5. The molecule has 0 amide bonds. The number of hydrogen-bond acceptors (Lipinski definition) is 4. The molecule has 1 aromatic rings. The molecule has 6 heteroatoms. The van der Waals surface area contributed by atoms with Crippen molar-refractivity contribution in [2.24, 2.45) is 0 Å². The Bertz CT molecular complexity index is 477. The molecule has 0 atom stereocenters. The molecule has 0 radical (unpaired) electrons. The average Bonchev–Trinajstić information content (AvgIpc) is 2.54. The summed E-state index contributed by atoms with van der Waals surface area (Å²) in [5, 5.41) is 23.1. The second-order valence-electron chi connectivity index (χ2n) is 6.07. The molecule has 0 saturated carbocycles. The van der Waals surface area contributed by atoms with Crippen molar-refractivity contribution in [3.63, 3.8) is 0 Å². The zero-order valence-electron chi connectivity index (χ0n) is 15.9. The van der Waals surface area contributed by atoms with Gasteiger partial charge in [-0.05, 0) is 12.0 Å². The Hall–Kier alpha value is -0.645. The zero-order chi connectivity index (χ0) is 17.1. The van der Waals surface area contributed by atoms with Crippen LogP contribution < -0.4 is 47.9 Å². The quantitative estimate of drug-likeness (QED) is 0.222. The summed E-state index contributed by atoms with van der Waals surface area (Å²) in [7, 11) is 0. The van der Waals surface area contributed by atoms with Crippen LogP contribution in [-0.4, -0.2) is 11.9 Å². The van der Waals surface area contributed by atoms with E-state index in [0.29, 0.717) is 6.42 Å². The third kappa shape index (κ3) is 8.06. The van der Waals surface area contributed by atoms with Crippen LogP contribution >= 0.6 is 0 Å². The fraction of sp³-hybridized carbons (Fsp3) is 0.579. The van der Waals surface area contributed by atoms with Crippen molar-refractivity contribution >= 4 is 11.9 Å². The van der Waals surface area contributed by atoms with Crippen LogP contribution in [0.4, 0.5) is 0 Å². The average molecular weight is 332 g/mol. The number of benzene rings is 1. The second-order valence-corrected chi connectivity index (χ2v) is 6.07. The van der Waals surface area contributed by atoms with Gasteiger partial charge in [0.25, 0.3) is 0 Å². The summed E-state index contributed by atoms with van der Waals surface area (Å²) < 4.78 is 0. The Kier molecular flexibility index (Phi) is 15.4. The van der Waals surface area contributed by atoms with Crippen molar-refractivity contribution < 1.29 is 57.5 Å². The molecule has 4 nitrogen and oxygen atoms in total. The Morgan fingerprint density at radius 3 is 1.68 bits per heavy atom. The fourth-order valence-electron chi connectivity index (χ4n) is 2.91. The van der Waals surface area contributed by atoms with Gasteiger partial charge in [0.2, 0.25) is 0 Å². The van der Waals surface area contributed by atoms with Gasteiger partial charge in [0.05, 0.1) is 17.4 Å². The number of carbonyl (C=O) groups excluding carboxylic acids is 2. The molecule has 0 aliphatic heterocycles. The van der Waals surface area contributed by atoms with Gasteiger partial charge in [-0.2, -0.15) is 0 Å². The van der Waals surface area contributed by atoms with Crippen molar-refractivity contribution in [2.45, 2.75) is 70.1 Å². The molecule has 1 rings (SSSR count). The van der Waals surface area contributed by atoms with E-state index in [1.165, 1.54) is 37.8 Å². The van der Waals surface area contributed by atoms with E-state index in [1.807, 2.05) is 0 Å². The van der Waals surface area contributed by atoms with Crippen molar-refractivity contribution in [2.75, 3.05) is 0 Å². The Morgan fingerprint density at radius 1 is 0.800 bits per heavy atom. The third-order valence-corrected chi connectivity index (χ3v) is 4.37. The molecule has 0 N–H and O–H groups in total. The summed E-state index contributed by atoms with van der Waals surface area (Å²) >= 11 is 0. The number of carboxylic acid groups (broad SMARTS) is 2. The molecule has 0 aliphatic rings. The number of carbonyl (C=O) groups is 2. The minimum Gasteiger partial charge on any atom is -0.549 e. The number of unbranched alkanes of at least 4 members (excludes halogenated alkanes) is 7. The van der Waals surface area contributed by atoms with Crippen LogP contribution in [0.3, 0.4) is 0 Å². The number of rotatable bonds is 12. The topological polar surface area (TPSA) is 80.3 Å². The first-order valence-corrected chi connectivity index (χ1v) is 8.54. The SMILES string of the molecule is CCCCCCCCCCC(C(=O)[O-])(C(=O)[O-])c1ccccc1.[Li+].[Li+]. The number of hydrogen-bond donors (Lipinski definition) is 0. The Morgan fingerprint density at radius 2 is 1.24 bits per heavy atom. The van der Waals surface area contributed by atoms with Crippen molar-refractivity contribution in [3.05, 3.63) is 35.9 Å². The van der Waals surface area contributed by atoms with Crippen molar-refractivity contribution in [3.8, 4) is 0 Å². The first-order chi connectivity index (χ1) is 11.1. The summed E-state index contributed by atoms with van der Waals surface area (Å²) in [5.41, 5.74) is -1.83. The smallest absolute Gasteiger partial charge is 0.549 e. The molecule has 0 saturated heterocycles. The summed E-state index contributed by atoms with van der Waals surface area (Å²) in [5.74, 6) is -3.18. The van der Waals surface area contributed by atoms with Crippen LogP contribution in [0.15, 0.2) is 30.3 Å². The molecule has 0 fully saturated rings. The molecule has 0 heterocycles. The molecule has 0 bridgehead atoms. The number of carboxylic acids is 2. The van der Waals surface area contributed by atoms with Crippen molar-refractivity contribution in [1.82, 2.24) is 0 Å². The van der Waals surface area contributed by atoms with E-state index in [2.05, 4.69) is 6.92 Å². The van der Waals surface area contributed by atoms with E-state index in [1.54, 1.807) is 18.2 Å². The summed E-state index contributed by atoms with van der Waals surface area (Å²) in [6, 6.07) is 8.00. The first kappa shape index (κ1) is 26.6. The minimum absolute atomic E-state index is 0. The predicted molar refractivity (Wildman–Crippen MR) is 85.4 cm³/mol. The summed E-state index contributed by atoms with van der Waals surface area (Å²) in [4.78, 5) is 23.1. The van der Waals surface area contributed by atoms with Gasteiger partial charge in [-0.15, -0.1) is 0 Å². The maximum atomic E-state index is 11.6. The van der Waals surface area contributed by atoms with E-state index < -0.39 is 17.4 Å². The van der Waals surface area contributed by atoms with Gasteiger partial charge in [-0.25, -0.2) is 0 Å². The van der Waals surface area contributed by atoms with Crippen LogP contribution in [0.25, 0.3) is 0 Å². The minimum atomic E-state index is -2.05. The van der Waals surface area contributed by atoms with Crippen LogP contribution in [0, 0.1) is 0 Å². The van der Waals surface area contributed by atoms with Gasteiger partial charge in [0, 0.05) is 0 Å². The van der Waals surface area contributed by atoms with E-state index in [-0.39, 0.29) is 49.7 Å². The fourth-order valence-corrected chi connectivity index (χ4v) is 2.91. The largest absolute Gasteiger partial charge is 1.00 e. The van der Waals surface area contributed by atoms with E-state index in [4.69, 9.17) is 0 Å². The van der Waals surface area contributed by atoms with Crippen LogP contribution in [0.1, 0.15) is 70.3 Å². The van der Waals surface area contributed by atoms with Crippen LogP contribution in [0.5, 0.6) is 0 Å². The van der Waals surface area contributed by atoms with Crippen molar-refractivity contribution in [1.29, 1.82) is 0 Å². The van der Waals surface area contributed by atoms with E-state index in [9.17, 15) is 19.8 Å². The molecular formula is C19H26Li2O4. The molecule has 0 aromatic heterocycles. The normalized spacial score (nSPS) is 10.4. The van der Waals surface area contributed by atoms with Gasteiger partial charge in [-0.3, -0.25) is 0 Å².